The fourth-order valence-corrected chi connectivity index (χ4v) is 1.74. The first-order valence-corrected chi connectivity index (χ1v) is 4.85. The van der Waals surface area contributed by atoms with Gasteiger partial charge >= 0.3 is 5.97 Å². The Hall–Kier alpha value is -1.82. The van der Waals surface area contributed by atoms with E-state index in [1.807, 2.05) is 6.07 Å². The standard InChI is InChI=1S/C12H11NO2/c1-8-2-3-9(6-10(8)11(14)15)12(7-13)4-5-12/h2-3,6H,4-5H2,1H3,(H,14,15). The molecular formula is C12H11NO2. The summed E-state index contributed by atoms with van der Waals surface area (Å²) in [5.74, 6) is -0.928. The van der Waals surface area contributed by atoms with Crippen molar-refractivity contribution in [3.63, 3.8) is 0 Å². The van der Waals surface area contributed by atoms with E-state index in [1.54, 1.807) is 19.1 Å². The highest BCUT2D eigenvalue weighted by Crippen LogP contribution is 2.47. The van der Waals surface area contributed by atoms with Crippen molar-refractivity contribution in [2.24, 2.45) is 0 Å². The summed E-state index contributed by atoms with van der Waals surface area (Å²) in [4.78, 5) is 10.9. The van der Waals surface area contributed by atoms with Gasteiger partial charge in [0.25, 0.3) is 0 Å². The molecule has 0 heterocycles. The third kappa shape index (κ3) is 1.48. The molecule has 0 aliphatic heterocycles. The quantitative estimate of drug-likeness (QED) is 0.798. The van der Waals surface area contributed by atoms with E-state index in [0.717, 1.165) is 24.0 Å². The summed E-state index contributed by atoms with van der Waals surface area (Å²) in [6, 6.07) is 7.53. The minimum Gasteiger partial charge on any atom is -0.478 e. The first-order valence-electron chi connectivity index (χ1n) is 4.85. The number of aryl methyl sites for hydroxylation is 1. The molecule has 76 valence electrons. The summed E-state index contributed by atoms with van der Waals surface area (Å²) >= 11 is 0. The zero-order chi connectivity index (χ0) is 11.1. The molecule has 1 aromatic rings. The van der Waals surface area contributed by atoms with E-state index < -0.39 is 11.4 Å². The number of benzene rings is 1. The Labute approximate surface area is 88.0 Å². The van der Waals surface area contributed by atoms with Crippen LogP contribution in [0, 0.1) is 18.3 Å². The van der Waals surface area contributed by atoms with Crippen molar-refractivity contribution in [2.75, 3.05) is 0 Å². The van der Waals surface area contributed by atoms with Crippen LogP contribution in [-0.4, -0.2) is 11.1 Å². The Morgan fingerprint density at radius 2 is 2.20 bits per heavy atom. The number of rotatable bonds is 2. The molecule has 1 saturated carbocycles. The van der Waals surface area contributed by atoms with E-state index in [4.69, 9.17) is 10.4 Å². The Bertz CT molecular complexity index is 467. The summed E-state index contributed by atoms with van der Waals surface area (Å²) in [6.45, 7) is 1.76. The number of nitriles is 1. The van der Waals surface area contributed by atoms with Crippen LogP contribution in [-0.2, 0) is 5.41 Å². The number of nitrogens with zero attached hydrogens (tertiary/aromatic N) is 1. The van der Waals surface area contributed by atoms with Crippen LogP contribution in [0.25, 0.3) is 0 Å². The van der Waals surface area contributed by atoms with E-state index in [1.165, 1.54) is 0 Å². The molecule has 0 atom stereocenters. The molecule has 0 bridgehead atoms. The maximum Gasteiger partial charge on any atom is 0.335 e. The van der Waals surface area contributed by atoms with E-state index in [-0.39, 0.29) is 0 Å². The highest BCUT2D eigenvalue weighted by molar-refractivity contribution is 5.89. The molecule has 3 nitrogen and oxygen atoms in total. The van der Waals surface area contributed by atoms with Crippen molar-refractivity contribution in [1.29, 1.82) is 5.26 Å². The van der Waals surface area contributed by atoms with Gasteiger partial charge in [-0.3, -0.25) is 0 Å². The number of carboxylic acid groups (broad SMARTS) is 1. The average Bonchev–Trinajstić information content (AvgIpc) is 2.99. The van der Waals surface area contributed by atoms with Crippen molar-refractivity contribution >= 4 is 5.97 Å². The average molecular weight is 201 g/mol. The van der Waals surface area contributed by atoms with Gasteiger partial charge < -0.3 is 5.11 Å². The third-order valence-electron chi connectivity index (χ3n) is 2.98. The van der Waals surface area contributed by atoms with Gasteiger partial charge in [0.15, 0.2) is 0 Å². The lowest BCUT2D eigenvalue weighted by atomic mass is 9.94. The Balaban J connectivity index is 2.49. The van der Waals surface area contributed by atoms with E-state index >= 15 is 0 Å². The van der Waals surface area contributed by atoms with Crippen LogP contribution in [0.1, 0.15) is 34.3 Å². The molecular weight excluding hydrogens is 190 g/mol. The first kappa shape index (κ1) is 9.72. The summed E-state index contributed by atoms with van der Waals surface area (Å²) in [6.07, 6.45) is 1.68. The SMILES string of the molecule is Cc1ccc(C2(C#N)CC2)cc1C(=O)O. The largest absolute Gasteiger partial charge is 0.478 e. The molecule has 15 heavy (non-hydrogen) atoms. The number of carboxylic acids is 1. The van der Waals surface area contributed by atoms with Crippen LogP contribution in [0.5, 0.6) is 0 Å². The molecule has 3 heteroatoms. The van der Waals surface area contributed by atoms with E-state index in [0.29, 0.717) is 5.56 Å². The molecule has 1 aliphatic rings. The lowest BCUT2D eigenvalue weighted by Crippen LogP contribution is -2.07. The molecule has 1 aromatic carbocycles. The van der Waals surface area contributed by atoms with E-state index in [2.05, 4.69) is 6.07 Å². The first-order chi connectivity index (χ1) is 7.09. The molecule has 2 rings (SSSR count). The molecule has 0 aromatic heterocycles. The second kappa shape index (κ2) is 3.09. The number of hydrogen-bond acceptors (Lipinski definition) is 2. The Kier molecular flexibility index (Phi) is 2.01. The van der Waals surface area contributed by atoms with Crippen LogP contribution < -0.4 is 0 Å². The smallest absolute Gasteiger partial charge is 0.335 e. The van der Waals surface area contributed by atoms with Gasteiger partial charge in [0.05, 0.1) is 17.0 Å². The summed E-state index contributed by atoms with van der Waals surface area (Å²) in [5, 5.41) is 18.0. The summed E-state index contributed by atoms with van der Waals surface area (Å²) < 4.78 is 0. The second-order valence-corrected chi connectivity index (χ2v) is 4.03. The van der Waals surface area contributed by atoms with Crippen LogP contribution >= 0.6 is 0 Å². The van der Waals surface area contributed by atoms with Crippen LogP contribution in [0.3, 0.4) is 0 Å². The topological polar surface area (TPSA) is 61.1 Å². The Morgan fingerprint density at radius 3 is 2.67 bits per heavy atom. The summed E-state index contributed by atoms with van der Waals surface area (Å²) in [5.41, 5.74) is 1.47. The van der Waals surface area contributed by atoms with Gasteiger partial charge in [-0.05, 0) is 37.0 Å². The van der Waals surface area contributed by atoms with Crippen molar-refractivity contribution < 1.29 is 9.90 Å². The minimum atomic E-state index is -0.928. The molecule has 1 aliphatic carbocycles. The second-order valence-electron chi connectivity index (χ2n) is 4.03. The zero-order valence-corrected chi connectivity index (χ0v) is 8.45. The van der Waals surface area contributed by atoms with Crippen LogP contribution in [0.15, 0.2) is 18.2 Å². The number of aromatic carboxylic acids is 1. The lowest BCUT2D eigenvalue weighted by Gasteiger charge is -2.08. The van der Waals surface area contributed by atoms with Crippen molar-refractivity contribution in [1.82, 2.24) is 0 Å². The van der Waals surface area contributed by atoms with Gasteiger partial charge in [-0.25, -0.2) is 4.79 Å². The monoisotopic (exact) mass is 201 g/mol. The highest BCUT2D eigenvalue weighted by atomic mass is 16.4. The maximum atomic E-state index is 10.9. The summed E-state index contributed by atoms with van der Waals surface area (Å²) in [7, 11) is 0. The predicted molar refractivity (Wildman–Crippen MR) is 54.7 cm³/mol. The van der Waals surface area contributed by atoms with Gasteiger partial charge in [-0.1, -0.05) is 12.1 Å². The fourth-order valence-electron chi connectivity index (χ4n) is 1.74. The molecule has 0 radical (unpaired) electrons. The normalized spacial score (nSPS) is 16.8. The number of hydrogen-bond donors (Lipinski definition) is 1. The third-order valence-corrected chi connectivity index (χ3v) is 2.98. The van der Waals surface area contributed by atoms with Crippen LogP contribution in [0.2, 0.25) is 0 Å². The molecule has 0 amide bonds. The zero-order valence-electron chi connectivity index (χ0n) is 8.45. The van der Waals surface area contributed by atoms with Gasteiger partial charge in [0.1, 0.15) is 0 Å². The van der Waals surface area contributed by atoms with Crippen LogP contribution in [0.4, 0.5) is 0 Å². The lowest BCUT2D eigenvalue weighted by molar-refractivity contribution is 0.0696. The van der Waals surface area contributed by atoms with Gasteiger partial charge in [-0.15, -0.1) is 0 Å². The van der Waals surface area contributed by atoms with Gasteiger partial charge in [-0.2, -0.15) is 5.26 Å². The van der Waals surface area contributed by atoms with Gasteiger partial charge in [0.2, 0.25) is 0 Å². The van der Waals surface area contributed by atoms with Crippen molar-refractivity contribution in [3.8, 4) is 6.07 Å². The molecule has 0 saturated heterocycles. The van der Waals surface area contributed by atoms with Crippen molar-refractivity contribution in [2.45, 2.75) is 25.2 Å². The number of carbonyl (C=O) groups is 1. The molecule has 1 fully saturated rings. The maximum absolute atomic E-state index is 10.9. The van der Waals surface area contributed by atoms with Crippen molar-refractivity contribution in [3.05, 3.63) is 34.9 Å². The van der Waals surface area contributed by atoms with Gasteiger partial charge in [0, 0.05) is 0 Å². The van der Waals surface area contributed by atoms with E-state index in [9.17, 15) is 4.79 Å². The molecule has 0 spiro atoms. The fraction of sp³-hybridized carbons (Fsp3) is 0.333. The molecule has 0 unspecified atom stereocenters. The minimum absolute atomic E-state index is 0.300. The molecule has 1 N–H and O–H groups in total. The predicted octanol–water partition coefficient (Wildman–Crippen LogP) is 2.25. The Morgan fingerprint density at radius 1 is 1.53 bits per heavy atom. The highest BCUT2D eigenvalue weighted by Gasteiger charge is 2.45.